The van der Waals surface area contributed by atoms with Gasteiger partial charge in [-0.3, -0.25) is 9.59 Å². The first-order valence-corrected chi connectivity index (χ1v) is 18.5. The van der Waals surface area contributed by atoms with Crippen molar-refractivity contribution in [2.24, 2.45) is 17.3 Å². The predicted octanol–water partition coefficient (Wildman–Crippen LogP) is 7.69. The molecule has 0 rings (SSSR count). The number of carboxylic acids is 1. The normalized spacial score (nSPS) is 18.0. The molecular formula is C27H54O5Si2. The van der Waals surface area contributed by atoms with E-state index in [0.29, 0.717) is 0 Å². The van der Waals surface area contributed by atoms with Gasteiger partial charge in [0.05, 0.1) is 18.6 Å². The lowest BCUT2D eigenvalue weighted by Gasteiger charge is -2.46. The van der Waals surface area contributed by atoms with Crippen LogP contribution in [-0.2, 0) is 18.4 Å². The fraction of sp³-hybridized carbons (Fsp3) is 0.852. The second-order valence-electron chi connectivity index (χ2n) is 13.6. The summed E-state index contributed by atoms with van der Waals surface area (Å²) in [6.45, 7) is 31.3. The summed E-state index contributed by atoms with van der Waals surface area (Å²) in [7, 11) is -4.45. The zero-order valence-corrected chi connectivity index (χ0v) is 26.8. The van der Waals surface area contributed by atoms with E-state index in [1.54, 1.807) is 0 Å². The van der Waals surface area contributed by atoms with Gasteiger partial charge in [-0.05, 0) is 49.1 Å². The van der Waals surface area contributed by atoms with Gasteiger partial charge < -0.3 is 14.0 Å². The van der Waals surface area contributed by atoms with Crippen molar-refractivity contribution in [2.45, 2.75) is 131 Å². The first kappa shape index (κ1) is 33.2. The van der Waals surface area contributed by atoms with Crippen molar-refractivity contribution in [3.8, 4) is 0 Å². The number of Topliss-reactive ketones (excluding diaryl/α,β-unsaturated/α-hetero) is 1. The van der Waals surface area contributed by atoms with Crippen molar-refractivity contribution in [2.75, 3.05) is 0 Å². The van der Waals surface area contributed by atoms with Crippen LogP contribution >= 0.6 is 0 Å². The summed E-state index contributed by atoms with van der Waals surface area (Å²) in [5, 5.41) is 9.59. The van der Waals surface area contributed by atoms with Crippen LogP contribution in [0.2, 0.25) is 36.3 Å². The molecule has 0 aromatic heterocycles. The molecule has 0 amide bonds. The van der Waals surface area contributed by atoms with Gasteiger partial charge in [0, 0.05) is 11.3 Å². The number of ketones is 1. The van der Waals surface area contributed by atoms with Crippen LogP contribution in [-0.4, -0.2) is 45.7 Å². The van der Waals surface area contributed by atoms with Crippen LogP contribution < -0.4 is 0 Å². The van der Waals surface area contributed by atoms with E-state index >= 15 is 0 Å². The van der Waals surface area contributed by atoms with Gasteiger partial charge in [-0.2, -0.15) is 0 Å². The van der Waals surface area contributed by atoms with Crippen molar-refractivity contribution >= 4 is 28.4 Å². The van der Waals surface area contributed by atoms with Crippen LogP contribution in [0.3, 0.4) is 0 Å². The van der Waals surface area contributed by atoms with E-state index in [4.69, 9.17) is 8.85 Å². The van der Waals surface area contributed by atoms with Crippen LogP contribution in [0.25, 0.3) is 0 Å². The van der Waals surface area contributed by atoms with Crippen LogP contribution in [0.4, 0.5) is 0 Å². The smallest absolute Gasteiger partial charge is 0.305 e. The Morgan fingerprint density at radius 3 is 1.62 bits per heavy atom. The first-order valence-electron chi connectivity index (χ1n) is 12.7. The number of allylic oxidation sites excluding steroid dienone is 1. The van der Waals surface area contributed by atoms with Gasteiger partial charge in [0.15, 0.2) is 16.6 Å². The van der Waals surface area contributed by atoms with Crippen LogP contribution in [0.5, 0.6) is 0 Å². The maximum atomic E-state index is 14.1. The topological polar surface area (TPSA) is 72.8 Å². The molecule has 0 bridgehead atoms. The number of aliphatic carboxylic acids is 1. The molecule has 200 valence electrons. The molecule has 34 heavy (non-hydrogen) atoms. The molecule has 0 aromatic rings. The number of hydrogen-bond acceptors (Lipinski definition) is 4. The van der Waals surface area contributed by atoms with Gasteiger partial charge in [0.25, 0.3) is 0 Å². The molecule has 0 aliphatic carbocycles. The van der Waals surface area contributed by atoms with E-state index < -0.39 is 40.0 Å². The minimum Gasteiger partial charge on any atom is -0.481 e. The van der Waals surface area contributed by atoms with Crippen molar-refractivity contribution < 1.29 is 23.5 Å². The molecule has 0 fully saturated rings. The largest absolute Gasteiger partial charge is 0.481 e. The summed E-state index contributed by atoms with van der Waals surface area (Å²) < 4.78 is 13.4. The lowest BCUT2D eigenvalue weighted by atomic mass is 9.73. The Morgan fingerprint density at radius 2 is 1.26 bits per heavy atom. The van der Waals surface area contributed by atoms with Gasteiger partial charge in [-0.15, -0.1) is 0 Å². The molecule has 0 spiro atoms. The monoisotopic (exact) mass is 514 g/mol. The third kappa shape index (κ3) is 8.42. The SMILES string of the molecule is CC=C[C@H](C)[C@H](O[Si](C)(C)C(C)(C)C)[C@@H](C)C(=O)C(C)(C)[C@H](CC(=O)O)O[Si](C)(C)C(C)(C)C. The Morgan fingerprint density at radius 1 is 0.853 bits per heavy atom. The Hall–Kier alpha value is -0.766. The molecule has 0 saturated heterocycles. The summed E-state index contributed by atoms with van der Waals surface area (Å²) in [6.07, 6.45) is 2.91. The summed E-state index contributed by atoms with van der Waals surface area (Å²) in [5.74, 6) is -1.31. The molecule has 5 nitrogen and oxygen atoms in total. The number of carbonyl (C=O) groups excluding carboxylic acids is 1. The van der Waals surface area contributed by atoms with Gasteiger partial charge in [-0.25, -0.2) is 0 Å². The summed E-state index contributed by atoms with van der Waals surface area (Å²) >= 11 is 0. The van der Waals surface area contributed by atoms with E-state index in [1.807, 2.05) is 33.8 Å². The number of carbonyl (C=O) groups is 2. The lowest BCUT2D eigenvalue weighted by Crippen LogP contribution is -2.54. The summed E-state index contributed by atoms with van der Waals surface area (Å²) in [5.41, 5.74) is -0.974. The highest BCUT2D eigenvalue weighted by Crippen LogP contribution is 2.43. The number of carboxylic acid groups (broad SMARTS) is 1. The van der Waals surface area contributed by atoms with E-state index in [-0.39, 0.29) is 34.3 Å². The maximum Gasteiger partial charge on any atom is 0.305 e. The first-order chi connectivity index (χ1) is 14.9. The number of rotatable bonds is 12. The van der Waals surface area contributed by atoms with Gasteiger partial charge >= 0.3 is 5.97 Å². The summed E-state index contributed by atoms with van der Waals surface area (Å²) in [6, 6.07) is 0. The van der Waals surface area contributed by atoms with Crippen LogP contribution in [0.1, 0.15) is 82.6 Å². The van der Waals surface area contributed by atoms with Crippen molar-refractivity contribution in [1.82, 2.24) is 0 Å². The second-order valence-corrected chi connectivity index (χ2v) is 23.1. The fourth-order valence-electron chi connectivity index (χ4n) is 3.62. The van der Waals surface area contributed by atoms with Gasteiger partial charge in [0.2, 0.25) is 0 Å². The molecule has 0 unspecified atom stereocenters. The van der Waals surface area contributed by atoms with Gasteiger partial charge in [-0.1, -0.05) is 81.4 Å². The minimum absolute atomic E-state index is 0.00229. The molecule has 4 atom stereocenters. The van der Waals surface area contributed by atoms with E-state index in [0.717, 1.165) is 0 Å². The molecule has 0 saturated carbocycles. The van der Waals surface area contributed by atoms with E-state index in [2.05, 4.69) is 80.7 Å². The zero-order valence-electron chi connectivity index (χ0n) is 24.8. The molecule has 0 heterocycles. The van der Waals surface area contributed by atoms with Crippen LogP contribution in [0, 0.1) is 17.3 Å². The highest BCUT2D eigenvalue weighted by Gasteiger charge is 2.49. The predicted molar refractivity (Wildman–Crippen MR) is 148 cm³/mol. The molecule has 1 N–H and O–H groups in total. The average molecular weight is 515 g/mol. The molecule has 0 radical (unpaired) electrons. The van der Waals surface area contributed by atoms with Gasteiger partial charge in [0.1, 0.15) is 5.78 Å². The highest BCUT2D eigenvalue weighted by molar-refractivity contribution is 6.74. The third-order valence-corrected chi connectivity index (χ3v) is 17.2. The average Bonchev–Trinajstić information content (AvgIpc) is 2.62. The molecule has 0 aliphatic heterocycles. The Bertz CT molecular complexity index is 726. The van der Waals surface area contributed by atoms with E-state index in [9.17, 15) is 14.7 Å². The van der Waals surface area contributed by atoms with Crippen LogP contribution in [0.15, 0.2) is 12.2 Å². The van der Waals surface area contributed by atoms with Crippen molar-refractivity contribution in [3.05, 3.63) is 12.2 Å². The Labute approximate surface area is 212 Å². The lowest BCUT2D eigenvalue weighted by molar-refractivity contribution is -0.146. The zero-order chi connectivity index (χ0) is 27.5. The standard InChI is InChI=1S/C27H54O5Si2/c1-16-17-19(2)23(32-34(14,15)26(7,8)9)20(3)24(30)27(10,11)21(18-22(28)29)31-33(12,13)25(4,5)6/h16-17,19-21,23H,18H2,1-15H3,(H,28,29)/t19-,20+,21-,23-/m0/s1. The molecule has 0 aromatic carbocycles. The molecule has 7 heteroatoms. The maximum absolute atomic E-state index is 14.1. The molecule has 0 aliphatic rings. The Kier molecular flexibility index (Phi) is 11.3. The fourth-order valence-corrected chi connectivity index (χ4v) is 6.52. The van der Waals surface area contributed by atoms with E-state index in [1.165, 1.54) is 0 Å². The highest BCUT2D eigenvalue weighted by atomic mass is 28.4. The quantitative estimate of drug-likeness (QED) is 0.213. The number of hydrogen-bond donors (Lipinski definition) is 1. The van der Waals surface area contributed by atoms with Crippen molar-refractivity contribution in [3.63, 3.8) is 0 Å². The molecular weight excluding hydrogens is 460 g/mol. The minimum atomic E-state index is -2.30. The Balaban J connectivity index is 6.32. The summed E-state index contributed by atoms with van der Waals surface area (Å²) in [4.78, 5) is 25.9. The second kappa shape index (κ2) is 11.5. The van der Waals surface area contributed by atoms with Crippen molar-refractivity contribution in [1.29, 1.82) is 0 Å². The third-order valence-electron chi connectivity index (χ3n) is 8.20.